The van der Waals surface area contributed by atoms with Gasteiger partial charge in [-0.1, -0.05) is 0 Å². The van der Waals surface area contributed by atoms with Gasteiger partial charge in [-0.2, -0.15) is 0 Å². The first-order chi connectivity index (χ1) is 6.31. The van der Waals surface area contributed by atoms with E-state index in [-0.39, 0.29) is 0 Å². The highest BCUT2D eigenvalue weighted by Crippen LogP contribution is 2.28. The second-order valence-electron chi connectivity index (χ2n) is 3.17. The number of ether oxygens (including phenoxy) is 2. The maximum absolute atomic E-state index is 5.38. The van der Waals surface area contributed by atoms with Gasteiger partial charge in [0, 0.05) is 18.3 Å². The molecule has 0 amide bonds. The molecule has 3 nitrogen and oxygen atoms in total. The van der Waals surface area contributed by atoms with Crippen molar-refractivity contribution in [2.75, 3.05) is 25.8 Å². The summed E-state index contributed by atoms with van der Waals surface area (Å²) in [5.41, 5.74) is 2.42. The molecule has 0 saturated heterocycles. The molecule has 0 unspecified atom stereocenters. The molecule has 0 fully saturated rings. The predicted octanol–water partition coefficient (Wildman–Crippen LogP) is 1.62. The Morgan fingerprint density at radius 3 is 3.08 bits per heavy atom. The van der Waals surface area contributed by atoms with Gasteiger partial charge in [-0.15, -0.1) is 0 Å². The smallest absolute Gasteiger partial charge is 0.119 e. The zero-order chi connectivity index (χ0) is 9.26. The molecule has 0 atom stereocenters. The summed E-state index contributed by atoms with van der Waals surface area (Å²) >= 11 is 0. The largest absolute Gasteiger partial charge is 0.497 e. The third-order valence-electron chi connectivity index (χ3n) is 2.24. The SMILES string of the molecule is COc1ccc2c(c1)COCN2C. The number of nitrogens with zero attached hydrogens (tertiary/aromatic N) is 1. The van der Waals surface area contributed by atoms with Crippen LogP contribution in [0.4, 0.5) is 5.69 Å². The summed E-state index contributed by atoms with van der Waals surface area (Å²) < 4.78 is 10.5. The van der Waals surface area contributed by atoms with Crippen molar-refractivity contribution in [1.82, 2.24) is 0 Å². The van der Waals surface area contributed by atoms with E-state index < -0.39 is 0 Å². The van der Waals surface area contributed by atoms with Crippen LogP contribution in [0.2, 0.25) is 0 Å². The van der Waals surface area contributed by atoms with E-state index in [0.717, 1.165) is 5.75 Å². The second-order valence-corrected chi connectivity index (χ2v) is 3.17. The van der Waals surface area contributed by atoms with E-state index in [1.54, 1.807) is 7.11 Å². The lowest BCUT2D eigenvalue weighted by Crippen LogP contribution is -2.26. The van der Waals surface area contributed by atoms with Crippen LogP contribution in [-0.2, 0) is 11.3 Å². The Hall–Kier alpha value is -1.22. The number of fused-ring (bicyclic) bond motifs is 1. The van der Waals surface area contributed by atoms with Crippen LogP contribution in [0.1, 0.15) is 5.56 Å². The van der Waals surface area contributed by atoms with E-state index in [4.69, 9.17) is 9.47 Å². The average Bonchev–Trinajstić information content (AvgIpc) is 2.18. The van der Waals surface area contributed by atoms with Crippen molar-refractivity contribution in [2.24, 2.45) is 0 Å². The lowest BCUT2D eigenvalue weighted by Gasteiger charge is -2.27. The Bertz CT molecular complexity index is 312. The molecule has 0 bridgehead atoms. The molecule has 3 heteroatoms. The topological polar surface area (TPSA) is 21.7 Å². The fourth-order valence-electron chi connectivity index (χ4n) is 1.54. The van der Waals surface area contributed by atoms with Gasteiger partial charge in [0.15, 0.2) is 0 Å². The summed E-state index contributed by atoms with van der Waals surface area (Å²) in [6, 6.07) is 6.06. The minimum atomic E-state index is 0.666. The van der Waals surface area contributed by atoms with Crippen LogP contribution in [0.5, 0.6) is 5.75 Å². The quantitative estimate of drug-likeness (QED) is 0.654. The van der Waals surface area contributed by atoms with Gasteiger partial charge in [0.25, 0.3) is 0 Å². The summed E-state index contributed by atoms with van der Waals surface area (Å²) in [5, 5.41) is 0. The number of rotatable bonds is 1. The predicted molar refractivity (Wildman–Crippen MR) is 51.1 cm³/mol. The van der Waals surface area contributed by atoms with Crippen LogP contribution < -0.4 is 9.64 Å². The summed E-state index contributed by atoms with van der Waals surface area (Å²) in [4.78, 5) is 2.08. The van der Waals surface area contributed by atoms with Crippen LogP contribution in [0.15, 0.2) is 18.2 Å². The zero-order valence-electron chi connectivity index (χ0n) is 7.91. The molecule has 1 aliphatic heterocycles. The molecule has 1 aromatic carbocycles. The van der Waals surface area contributed by atoms with Gasteiger partial charge in [-0.25, -0.2) is 0 Å². The van der Waals surface area contributed by atoms with Crippen molar-refractivity contribution in [3.05, 3.63) is 23.8 Å². The fourth-order valence-corrected chi connectivity index (χ4v) is 1.54. The zero-order valence-corrected chi connectivity index (χ0v) is 7.91. The minimum Gasteiger partial charge on any atom is -0.497 e. The molecule has 70 valence electrons. The summed E-state index contributed by atoms with van der Waals surface area (Å²) in [6.07, 6.45) is 0. The molecule has 1 aromatic rings. The number of hydrogen-bond acceptors (Lipinski definition) is 3. The Balaban J connectivity index is 2.39. The Kier molecular flexibility index (Phi) is 2.10. The first kappa shape index (κ1) is 8.38. The Morgan fingerprint density at radius 1 is 1.46 bits per heavy atom. The summed E-state index contributed by atoms with van der Waals surface area (Å²) in [7, 11) is 3.69. The van der Waals surface area contributed by atoms with Gasteiger partial charge in [0.2, 0.25) is 0 Å². The minimum absolute atomic E-state index is 0.666. The molecule has 0 radical (unpaired) electrons. The van der Waals surface area contributed by atoms with Crippen molar-refractivity contribution in [3.8, 4) is 5.75 Å². The number of methoxy groups -OCH3 is 1. The van der Waals surface area contributed by atoms with Gasteiger partial charge in [0.1, 0.15) is 12.5 Å². The molecule has 0 saturated carbocycles. The molecule has 0 spiro atoms. The monoisotopic (exact) mass is 179 g/mol. The molecule has 0 N–H and O–H groups in total. The summed E-state index contributed by atoms with van der Waals surface area (Å²) in [5.74, 6) is 0.887. The van der Waals surface area contributed by atoms with Crippen LogP contribution >= 0.6 is 0 Å². The van der Waals surface area contributed by atoms with E-state index in [1.807, 2.05) is 19.2 Å². The van der Waals surface area contributed by atoms with Crippen molar-refractivity contribution in [1.29, 1.82) is 0 Å². The molecule has 0 aromatic heterocycles. The molecule has 1 aliphatic rings. The number of anilines is 1. The van der Waals surface area contributed by atoms with Crippen molar-refractivity contribution >= 4 is 5.69 Å². The van der Waals surface area contributed by atoms with E-state index in [2.05, 4.69) is 11.0 Å². The maximum Gasteiger partial charge on any atom is 0.119 e. The molecule has 13 heavy (non-hydrogen) atoms. The molecular weight excluding hydrogens is 166 g/mol. The first-order valence-corrected chi connectivity index (χ1v) is 4.27. The van der Waals surface area contributed by atoms with E-state index in [9.17, 15) is 0 Å². The standard InChI is InChI=1S/C10H13NO2/c1-11-7-13-6-8-5-9(12-2)3-4-10(8)11/h3-5H,6-7H2,1-2H3. The number of hydrogen-bond donors (Lipinski definition) is 0. The first-order valence-electron chi connectivity index (χ1n) is 4.27. The van der Waals surface area contributed by atoms with Crippen molar-refractivity contribution in [3.63, 3.8) is 0 Å². The molecule has 1 heterocycles. The fraction of sp³-hybridized carbons (Fsp3) is 0.400. The normalized spacial score (nSPS) is 15.4. The highest BCUT2D eigenvalue weighted by molar-refractivity contribution is 5.56. The van der Waals surface area contributed by atoms with Gasteiger partial charge in [0.05, 0.1) is 13.7 Å². The highest BCUT2D eigenvalue weighted by atomic mass is 16.5. The maximum atomic E-state index is 5.38. The second kappa shape index (κ2) is 3.26. The van der Waals surface area contributed by atoms with Gasteiger partial charge in [-0.3, -0.25) is 0 Å². The van der Waals surface area contributed by atoms with E-state index in [1.165, 1.54) is 11.3 Å². The van der Waals surface area contributed by atoms with Crippen LogP contribution in [0.25, 0.3) is 0 Å². The van der Waals surface area contributed by atoms with Crippen LogP contribution in [0.3, 0.4) is 0 Å². The average molecular weight is 179 g/mol. The van der Waals surface area contributed by atoms with Gasteiger partial charge < -0.3 is 14.4 Å². The lowest BCUT2D eigenvalue weighted by molar-refractivity contribution is 0.113. The number of benzene rings is 1. The lowest BCUT2D eigenvalue weighted by atomic mass is 10.1. The Morgan fingerprint density at radius 2 is 2.31 bits per heavy atom. The van der Waals surface area contributed by atoms with E-state index in [0.29, 0.717) is 13.3 Å². The van der Waals surface area contributed by atoms with Crippen LogP contribution in [-0.4, -0.2) is 20.9 Å². The third kappa shape index (κ3) is 1.47. The van der Waals surface area contributed by atoms with Crippen LogP contribution in [0, 0.1) is 0 Å². The van der Waals surface area contributed by atoms with Gasteiger partial charge in [-0.05, 0) is 18.2 Å². The Labute approximate surface area is 77.9 Å². The summed E-state index contributed by atoms with van der Waals surface area (Å²) in [6.45, 7) is 1.34. The van der Waals surface area contributed by atoms with Crippen molar-refractivity contribution in [2.45, 2.75) is 6.61 Å². The molecular formula is C10H13NO2. The molecule has 0 aliphatic carbocycles. The van der Waals surface area contributed by atoms with Gasteiger partial charge >= 0.3 is 0 Å². The highest BCUT2D eigenvalue weighted by Gasteiger charge is 2.13. The van der Waals surface area contributed by atoms with E-state index >= 15 is 0 Å². The molecule has 2 rings (SSSR count). The van der Waals surface area contributed by atoms with Crippen molar-refractivity contribution < 1.29 is 9.47 Å². The third-order valence-corrected chi connectivity index (χ3v) is 2.24.